The second kappa shape index (κ2) is 6.64. The van der Waals surface area contributed by atoms with Crippen LogP contribution in [0, 0.1) is 6.92 Å². The highest BCUT2D eigenvalue weighted by Crippen LogP contribution is 2.44. The largest absolute Gasteiger partial charge is 0.450 e. The number of aryl methyl sites for hydroxylation is 1. The number of rotatable bonds is 3. The Morgan fingerprint density at radius 2 is 1.96 bits per heavy atom. The van der Waals surface area contributed by atoms with Gasteiger partial charge in [0.15, 0.2) is 11.4 Å². The van der Waals surface area contributed by atoms with E-state index >= 15 is 0 Å². The third-order valence-electron chi connectivity index (χ3n) is 4.67. The molecule has 0 radical (unpaired) electrons. The summed E-state index contributed by atoms with van der Waals surface area (Å²) in [7, 11) is 0. The van der Waals surface area contributed by atoms with Crippen LogP contribution in [0.25, 0.3) is 0 Å². The lowest BCUT2D eigenvalue weighted by atomic mass is 9.81. The first kappa shape index (κ1) is 17.7. The zero-order valence-corrected chi connectivity index (χ0v) is 15.1. The van der Waals surface area contributed by atoms with Crippen LogP contribution in [0.3, 0.4) is 0 Å². The Morgan fingerprint density at radius 1 is 1.29 bits per heavy atom. The van der Waals surface area contributed by atoms with Crippen LogP contribution in [-0.4, -0.2) is 42.1 Å². The molecule has 130 valence electrons. The van der Waals surface area contributed by atoms with Crippen LogP contribution in [0.15, 0.2) is 12.1 Å². The van der Waals surface area contributed by atoms with Crippen LogP contribution >= 0.6 is 23.2 Å². The van der Waals surface area contributed by atoms with Crippen molar-refractivity contribution in [1.29, 1.82) is 0 Å². The van der Waals surface area contributed by atoms with Crippen molar-refractivity contribution in [2.75, 3.05) is 19.7 Å². The molecular weight excluding hydrogens is 353 g/mol. The Bertz CT molecular complexity index is 660. The summed E-state index contributed by atoms with van der Waals surface area (Å²) in [6.07, 6.45) is 0.858. The molecule has 2 aliphatic rings. The molecule has 0 aliphatic carbocycles. The van der Waals surface area contributed by atoms with Gasteiger partial charge in [-0.1, -0.05) is 23.2 Å². The lowest BCUT2D eigenvalue weighted by molar-refractivity contribution is -0.195. The molecule has 1 spiro atoms. The fourth-order valence-corrected chi connectivity index (χ4v) is 4.21. The van der Waals surface area contributed by atoms with E-state index in [4.69, 9.17) is 32.8 Å². The van der Waals surface area contributed by atoms with Crippen molar-refractivity contribution >= 4 is 35.0 Å². The van der Waals surface area contributed by atoms with E-state index in [9.17, 15) is 9.59 Å². The third-order valence-corrected chi connectivity index (χ3v) is 5.21. The van der Waals surface area contributed by atoms with Crippen LogP contribution in [0.2, 0.25) is 10.0 Å². The lowest BCUT2D eigenvalue weighted by Gasteiger charge is -2.35. The molecule has 1 unspecified atom stereocenters. The minimum atomic E-state index is -1.06. The van der Waals surface area contributed by atoms with Gasteiger partial charge in [0.25, 0.3) is 0 Å². The Morgan fingerprint density at radius 3 is 2.54 bits per heavy atom. The van der Waals surface area contributed by atoms with Gasteiger partial charge in [-0.15, -0.1) is 0 Å². The van der Waals surface area contributed by atoms with Gasteiger partial charge >= 0.3 is 5.97 Å². The van der Waals surface area contributed by atoms with E-state index in [-0.39, 0.29) is 5.78 Å². The molecule has 0 amide bonds. The fourth-order valence-electron chi connectivity index (χ4n) is 3.51. The summed E-state index contributed by atoms with van der Waals surface area (Å²) < 4.78 is 5.57. The molecule has 1 atom stereocenters. The molecule has 2 saturated heterocycles. The van der Waals surface area contributed by atoms with Crippen molar-refractivity contribution in [3.05, 3.63) is 33.3 Å². The monoisotopic (exact) mass is 371 g/mol. The van der Waals surface area contributed by atoms with Crippen LogP contribution in [0.1, 0.15) is 36.8 Å². The standard InChI is InChI=1S/C17H19Cl2NO4/c1-3-23-20-6-4-17(5-7-20)15(21)14(16(22)24-17)13-10(2)8-11(18)9-12(13)19/h8-9,14H,3-7H2,1-2H3. The summed E-state index contributed by atoms with van der Waals surface area (Å²) in [6, 6.07) is 3.25. The first-order valence-electron chi connectivity index (χ1n) is 7.98. The molecule has 0 aromatic heterocycles. The quantitative estimate of drug-likeness (QED) is 0.602. The van der Waals surface area contributed by atoms with Gasteiger partial charge in [-0.3, -0.25) is 14.4 Å². The van der Waals surface area contributed by atoms with Gasteiger partial charge in [-0.05, 0) is 37.1 Å². The van der Waals surface area contributed by atoms with Gasteiger partial charge < -0.3 is 4.74 Å². The zero-order valence-electron chi connectivity index (χ0n) is 13.6. The summed E-state index contributed by atoms with van der Waals surface area (Å²) in [6.45, 7) is 5.37. The number of benzene rings is 1. The topological polar surface area (TPSA) is 55.8 Å². The summed E-state index contributed by atoms with van der Waals surface area (Å²) >= 11 is 12.2. The predicted octanol–water partition coefficient (Wildman–Crippen LogP) is 3.30. The number of piperidine rings is 1. The number of Topliss-reactive ketones (excluding diaryl/α,β-unsaturated/α-hetero) is 1. The Balaban J connectivity index is 1.88. The summed E-state index contributed by atoms with van der Waals surface area (Å²) in [5, 5.41) is 2.60. The minimum absolute atomic E-state index is 0.212. The number of carbonyl (C=O) groups excluding carboxylic acids is 2. The molecule has 7 heteroatoms. The number of esters is 1. The summed E-state index contributed by atoms with van der Waals surface area (Å²) in [4.78, 5) is 31.0. The molecule has 0 N–H and O–H groups in total. The van der Waals surface area contributed by atoms with Crippen molar-refractivity contribution in [3.63, 3.8) is 0 Å². The van der Waals surface area contributed by atoms with Gasteiger partial charge in [0.2, 0.25) is 0 Å². The summed E-state index contributed by atoms with van der Waals surface area (Å²) in [5.74, 6) is -1.72. The molecule has 5 nitrogen and oxygen atoms in total. The second-order valence-corrected chi connectivity index (χ2v) is 7.02. The van der Waals surface area contributed by atoms with Crippen LogP contribution < -0.4 is 0 Å². The van der Waals surface area contributed by atoms with E-state index in [1.54, 1.807) is 24.1 Å². The highest BCUT2D eigenvalue weighted by atomic mass is 35.5. The van der Waals surface area contributed by atoms with E-state index in [2.05, 4.69) is 0 Å². The molecular formula is C17H19Cl2NO4. The molecule has 2 heterocycles. The number of hydrogen-bond donors (Lipinski definition) is 0. The van der Waals surface area contributed by atoms with Gasteiger partial charge in [-0.25, -0.2) is 0 Å². The number of hydrogen-bond acceptors (Lipinski definition) is 5. The average molecular weight is 372 g/mol. The average Bonchev–Trinajstić information content (AvgIpc) is 2.74. The Labute approximate surface area is 150 Å². The van der Waals surface area contributed by atoms with Gasteiger partial charge in [0.1, 0.15) is 5.92 Å². The van der Waals surface area contributed by atoms with E-state index < -0.39 is 17.5 Å². The first-order chi connectivity index (χ1) is 11.4. The molecule has 2 aliphatic heterocycles. The lowest BCUT2D eigenvalue weighted by Crippen LogP contribution is -2.48. The Kier molecular flexibility index (Phi) is 4.89. The predicted molar refractivity (Wildman–Crippen MR) is 90.2 cm³/mol. The van der Waals surface area contributed by atoms with Crippen molar-refractivity contribution in [2.45, 2.75) is 38.2 Å². The number of hydroxylamine groups is 2. The van der Waals surface area contributed by atoms with Crippen LogP contribution in [0.4, 0.5) is 0 Å². The van der Waals surface area contributed by atoms with E-state index in [1.807, 2.05) is 6.92 Å². The molecule has 24 heavy (non-hydrogen) atoms. The van der Waals surface area contributed by atoms with E-state index in [0.29, 0.717) is 53.7 Å². The van der Waals surface area contributed by atoms with Gasteiger partial charge in [0.05, 0.1) is 6.61 Å². The molecule has 0 saturated carbocycles. The maximum absolute atomic E-state index is 13.1. The van der Waals surface area contributed by atoms with Gasteiger partial charge in [-0.2, -0.15) is 5.06 Å². The van der Waals surface area contributed by atoms with Crippen molar-refractivity contribution in [2.24, 2.45) is 0 Å². The van der Waals surface area contributed by atoms with E-state index in [0.717, 1.165) is 0 Å². The van der Waals surface area contributed by atoms with Crippen LogP contribution in [-0.2, 0) is 19.2 Å². The molecule has 1 aromatic rings. The minimum Gasteiger partial charge on any atom is -0.450 e. The highest BCUT2D eigenvalue weighted by Gasteiger charge is 2.57. The van der Waals surface area contributed by atoms with Gasteiger partial charge in [0, 0.05) is 36.0 Å². The molecule has 0 bridgehead atoms. The zero-order chi connectivity index (χ0) is 17.5. The van der Waals surface area contributed by atoms with Crippen molar-refractivity contribution < 1.29 is 19.2 Å². The maximum atomic E-state index is 13.1. The number of ketones is 1. The van der Waals surface area contributed by atoms with Crippen LogP contribution in [0.5, 0.6) is 0 Å². The smallest absolute Gasteiger partial charge is 0.322 e. The summed E-state index contributed by atoms with van der Waals surface area (Å²) in [5.41, 5.74) is 0.150. The molecule has 1 aromatic carbocycles. The fraction of sp³-hybridized carbons (Fsp3) is 0.529. The number of halogens is 2. The number of carbonyl (C=O) groups is 2. The third kappa shape index (κ3) is 2.94. The van der Waals surface area contributed by atoms with Crippen molar-refractivity contribution in [1.82, 2.24) is 5.06 Å². The SMILES string of the molecule is CCON1CCC2(CC1)OC(=O)C(c1c(C)cc(Cl)cc1Cl)C2=O. The normalized spacial score (nSPS) is 23.8. The molecule has 3 rings (SSSR count). The highest BCUT2D eigenvalue weighted by molar-refractivity contribution is 6.36. The first-order valence-corrected chi connectivity index (χ1v) is 8.74. The Hall–Kier alpha value is -1.14. The number of nitrogens with zero attached hydrogens (tertiary/aromatic N) is 1. The second-order valence-electron chi connectivity index (χ2n) is 6.18. The maximum Gasteiger partial charge on any atom is 0.322 e. The van der Waals surface area contributed by atoms with E-state index in [1.165, 1.54) is 0 Å². The number of ether oxygens (including phenoxy) is 1. The molecule has 2 fully saturated rings. The van der Waals surface area contributed by atoms with Crippen molar-refractivity contribution in [3.8, 4) is 0 Å².